The number of β-amino-alcohol motifs (C(OH)–C–C–N with tert-alkyl or cyclic N) is 1. The van der Waals surface area contributed by atoms with Crippen molar-refractivity contribution < 1.29 is 23.8 Å². The van der Waals surface area contributed by atoms with E-state index in [-0.39, 0.29) is 38.6 Å². The normalized spacial score (nSPS) is 25.8. The minimum absolute atomic E-state index is 0.0506. The quantitative estimate of drug-likeness (QED) is 0.828. The maximum atomic E-state index is 14.2. The van der Waals surface area contributed by atoms with Crippen LogP contribution >= 0.6 is 0 Å². The summed E-state index contributed by atoms with van der Waals surface area (Å²) >= 11 is 0. The maximum absolute atomic E-state index is 14.2. The number of amides is 2. The third-order valence-electron chi connectivity index (χ3n) is 4.70. The zero-order chi connectivity index (χ0) is 17.4. The molecular formula is C17H21FN2O4. The highest BCUT2D eigenvalue weighted by molar-refractivity contribution is 5.91. The minimum Gasteiger partial charge on any atom is -0.385 e. The molecule has 7 heteroatoms. The lowest BCUT2D eigenvalue weighted by Crippen LogP contribution is -2.51. The number of aliphatic hydroxyl groups is 1. The van der Waals surface area contributed by atoms with Gasteiger partial charge in [0.15, 0.2) is 0 Å². The van der Waals surface area contributed by atoms with Crippen LogP contribution in [0.5, 0.6) is 0 Å². The third kappa shape index (κ3) is 3.14. The fourth-order valence-corrected chi connectivity index (χ4v) is 3.40. The average Bonchev–Trinajstić information content (AvgIpc) is 3.32. The summed E-state index contributed by atoms with van der Waals surface area (Å²) in [5.41, 5.74) is 3.19. The van der Waals surface area contributed by atoms with Gasteiger partial charge in [-0.2, -0.15) is 0 Å². The topological polar surface area (TPSA) is 92.9 Å². The van der Waals surface area contributed by atoms with E-state index in [4.69, 9.17) is 10.5 Å². The standard InChI is InChI=1S/C17H21FN2O4/c18-13-4-2-1-3-12(13)17(5-6-17)15(22)20-7-8-24-11-16(23,10-20)9-14(19)21/h1-4,23H,5-11H2,(H2,19,21)/t16-/m0/s1. The molecule has 2 aliphatic rings. The molecule has 1 heterocycles. The summed E-state index contributed by atoms with van der Waals surface area (Å²) in [6.45, 7) is 0.424. The molecule has 1 aliphatic heterocycles. The van der Waals surface area contributed by atoms with Crippen LogP contribution < -0.4 is 5.73 Å². The van der Waals surface area contributed by atoms with E-state index in [0.29, 0.717) is 18.4 Å². The summed E-state index contributed by atoms with van der Waals surface area (Å²) in [5, 5.41) is 10.6. The summed E-state index contributed by atoms with van der Waals surface area (Å²) < 4.78 is 19.5. The van der Waals surface area contributed by atoms with Gasteiger partial charge in [0.2, 0.25) is 11.8 Å². The van der Waals surface area contributed by atoms with E-state index in [1.165, 1.54) is 11.0 Å². The average molecular weight is 336 g/mol. The Morgan fingerprint density at radius 2 is 2.04 bits per heavy atom. The van der Waals surface area contributed by atoms with Gasteiger partial charge in [0.25, 0.3) is 0 Å². The molecule has 2 amide bonds. The Balaban J connectivity index is 1.83. The van der Waals surface area contributed by atoms with Gasteiger partial charge in [0.1, 0.15) is 11.4 Å². The van der Waals surface area contributed by atoms with Crippen LogP contribution in [0.25, 0.3) is 0 Å². The number of rotatable bonds is 4. The van der Waals surface area contributed by atoms with Crippen LogP contribution in [-0.4, -0.2) is 53.7 Å². The molecule has 1 aromatic carbocycles. The second kappa shape index (κ2) is 6.14. The molecule has 0 radical (unpaired) electrons. The first-order chi connectivity index (χ1) is 11.4. The first-order valence-corrected chi connectivity index (χ1v) is 7.99. The Morgan fingerprint density at radius 1 is 1.33 bits per heavy atom. The number of ether oxygens (including phenoxy) is 1. The van der Waals surface area contributed by atoms with Crippen molar-refractivity contribution in [1.82, 2.24) is 4.90 Å². The van der Waals surface area contributed by atoms with Gasteiger partial charge in [-0.05, 0) is 18.9 Å². The lowest BCUT2D eigenvalue weighted by molar-refractivity contribution is -0.139. The second-order valence-electron chi connectivity index (χ2n) is 6.71. The highest BCUT2D eigenvalue weighted by Gasteiger charge is 2.55. The smallest absolute Gasteiger partial charge is 0.233 e. The van der Waals surface area contributed by atoms with Gasteiger partial charge in [0, 0.05) is 12.1 Å². The van der Waals surface area contributed by atoms with Crippen molar-refractivity contribution in [1.29, 1.82) is 0 Å². The van der Waals surface area contributed by atoms with Crippen molar-refractivity contribution in [2.45, 2.75) is 30.3 Å². The molecule has 0 spiro atoms. The predicted octanol–water partition coefficient (Wildman–Crippen LogP) is 0.323. The van der Waals surface area contributed by atoms with Crippen molar-refractivity contribution >= 4 is 11.8 Å². The van der Waals surface area contributed by atoms with Gasteiger partial charge in [-0.25, -0.2) is 4.39 Å². The zero-order valence-electron chi connectivity index (χ0n) is 13.3. The lowest BCUT2D eigenvalue weighted by Gasteiger charge is -2.32. The van der Waals surface area contributed by atoms with E-state index in [2.05, 4.69) is 0 Å². The Bertz CT molecular complexity index is 662. The van der Waals surface area contributed by atoms with Crippen LogP contribution in [0.1, 0.15) is 24.8 Å². The number of nitrogens with two attached hydrogens (primary N) is 1. The molecule has 130 valence electrons. The molecule has 1 aliphatic carbocycles. The van der Waals surface area contributed by atoms with E-state index < -0.39 is 22.7 Å². The van der Waals surface area contributed by atoms with Gasteiger partial charge in [0.05, 0.1) is 31.6 Å². The minimum atomic E-state index is -1.51. The molecule has 6 nitrogen and oxygen atoms in total. The van der Waals surface area contributed by atoms with E-state index in [9.17, 15) is 19.1 Å². The Labute approximate surface area is 139 Å². The highest BCUT2D eigenvalue weighted by atomic mass is 19.1. The summed E-state index contributed by atoms with van der Waals surface area (Å²) in [4.78, 5) is 25.7. The summed E-state index contributed by atoms with van der Waals surface area (Å²) in [7, 11) is 0. The number of primary amides is 1. The largest absolute Gasteiger partial charge is 0.385 e. The van der Waals surface area contributed by atoms with Crippen molar-refractivity contribution in [3.05, 3.63) is 35.6 Å². The molecule has 0 aromatic heterocycles. The van der Waals surface area contributed by atoms with Crippen molar-refractivity contribution in [3.63, 3.8) is 0 Å². The molecule has 0 bridgehead atoms. The first-order valence-electron chi connectivity index (χ1n) is 7.99. The van der Waals surface area contributed by atoms with Gasteiger partial charge in [-0.3, -0.25) is 9.59 Å². The second-order valence-corrected chi connectivity index (χ2v) is 6.71. The van der Waals surface area contributed by atoms with E-state index in [0.717, 1.165) is 0 Å². The monoisotopic (exact) mass is 336 g/mol. The zero-order valence-corrected chi connectivity index (χ0v) is 13.3. The number of carbonyl (C=O) groups is 2. The summed E-state index contributed by atoms with van der Waals surface area (Å²) in [6, 6.07) is 6.27. The summed E-state index contributed by atoms with van der Waals surface area (Å²) in [6.07, 6.45) is 0.847. The molecule has 1 aromatic rings. The number of hydrogen-bond donors (Lipinski definition) is 2. The fourth-order valence-electron chi connectivity index (χ4n) is 3.40. The van der Waals surface area contributed by atoms with Crippen molar-refractivity contribution in [2.75, 3.05) is 26.3 Å². The van der Waals surface area contributed by atoms with Gasteiger partial charge >= 0.3 is 0 Å². The molecule has 1 saturated heterocycles. The van der Waals surface area contributed by atoms with E-state index in [1.807, 2.05) is 0 Å². The molecule has 3 rings (SSSR count). The molecular weight excluding hydrogens is 315 g/mol. The number of nitrogens with zero attached hydrogens (tertiary/aromatic N) is 1. The Kier molecular flexibility index (Phi) is 4.31. The molecule has 3 N–H and O–H groups in total. The SMILES string of the molecule is NC(=O)C[C@@]1(O)COCCN(C(=O)C2(c3ccccc3F)CC2)C1. The Hall–Kier alpha value is -1.99. The number of halogens is 1. The Morgan fingerprint density at radius 3 is 2.67 bits per heavy atom. The first kappa shape index (κ1) is 16.9. The molecule has 1 atom stereocenters. The third-order valence-corrected chi connectivity index (χ3v) is 4.70. The van der Waals surface area contributed by atoms with E-state index >= 15 is 0 Å². The van der Waals surface area contributed by atoms with Gasteiger partial charge in [-0.1, -0.05) is 18.2 Å². The molecule has 1 saturated carbocycles. The van der Waals surface area contributed by atoms with Gasteiger partial charge < -0.3 is 20.5 Å². The van der Waals surface area contributed by atoms with E-state index in [1.54, 1.807) is 18.2 Å². The number of carbonyl (C=O) groups excluding carboxylic acids is 2. The van der Waals surface area contributed by atoms with Crippen molar-refractivity contribution in [3.8, 4) is 0 Å². The molecule has 24 heavy (non-hydrogen) atoms. The van der Waals surface area contributed by atoms with Crippen LogP contribution in [0.4, 0.5) is 4.39 Å². The molecule has 2 fully saturated rings. The highest BCUT2D eigenvalue weighted by Crippen LogP contribution is 2.50. The van der Waals surface area contributed by atoms with Gasteiger partial charge in [-0.15, -0.1) is 0 Å². The predicted molar refractivity (Wildman–Crippen MR) is 83.5 cm³/mol. The fraction of sp³-hybridized carbons (Fsp3) is 0.529. The van der Waals surface area contributed by atoms with Crippen LogP contribution in [0, 0.1) is 5.82 Å². The van der Waals surface area contributed by atoms with Crippen LogP contribution in [0.15, 0.2) is 24.3 Å². The molecule has 0 unspecified atom stereocenters. The maximum Gasteiger partial charge on any atom is 0.233 e. The van der Waals surface area contributed by atoms with Crippen molar-refractivity contribution in [2.24, 2.45) is 5.73 Å². The number of benzene rings is 1. The van der Waals surface area contributed by atoms with Crippen LogP contribution in [0.3, 0.4) is 0 Å². The number of hydrogen-bond acceptors (Lipinski definition) is 4. The lowest BCUT2D eigenvalue weighted by atomic mass is 9.92. The van der Waals surface area contributed by atoms with Crippen LogP contribution in [-0.2, 0) is 19.7 Å². The summed E-state index contributed by atoms with van der Waals surface area (Å²) in [5.74, 6) is -1.30. The van der Waals surface area contributed by atoms with Crippen LogP contribution in [0.2, 0.25) is 0 Å².